The smallest absolute Gasteiger partial charge is 0.224 e. The van der Waals surface area contributed by atoms with Crippen molar-refractivity contribution in [1.29, 1.82) is 0 Å². The molecule has 7 heteroatoms. The maximum absolute atomic E-state index is 13.5. The summed E-state index contributed by atoms with van der Waals surface area (Å²) in [6, 6.07) is 17.2. The van der Waals surface area contributed by atoms with E-state index in [2.05, 4.69) is 34.6 Å². The molecule has 5 rings (SSSR count). The van der Waals surface area contributed by atoms with Gasteiger partial charge in [0, 0.05) is 30.9 Å². The third-order valence-electron chi connectivity index (χ3n) is 6.70. The predicted molar refractivity (Wildman–Crippen MR) is 134 cm³/mol. The lowest BCUT2D eigenvalue weighted by atomic mass is 9.86. The van der Waals surface area contributed by atoms with E-state index < -0.39 is 0 Å². The second kappa shape index (κ2) is 10.3. The number of anilines is 1. The number of hydrogen-bond acceptors (Lipinski definition) is 5. The molecule has 1 aliphatic carbocycles. The molecule has 0 saturated heterocycles. The molecule has 1 fully saturated rings. The largest absolute Gasteiger partial charge is 0.354 e. The van der Waals surface area contributed by atoms with Crippen LogP contribution >= 0.6 is 0 Å². The standard InChI is InChI=1S/C27H31FN6/c28-22-12-10-21(11-13-22)25-24-17-31-27(30-16-4-7-19-5-2-1-3-6-19)32-26(24)34(33-25)18-20-8-14-23(29)15-9-20/h1-3,5-6,10-13,17,20,23H,4,7-9,14-16,18,29H2,(H,30,31,32)/t20-,23-. The summed E-state index contributed by atoms with van der Waals surface area (Å²) in [7, 11) is 0. The summed E-state index contributed by atoms with van der Waals surface area (Å²) in [6.45, 7) is 1.59. The molecule has 0 aliphatic heterocycles. The molecule has 0 spiro atoms. The quantitative estimate of drug-likeness (QED) is 0.355. The van der Waals surface area contributed by atoms with Crippen LogP contribution in [-0.2, 0) is 13.0 Å². The molecular formula is C27H31FN6. The van der Waals surface area contributed by atoms with Crippen molar-refractivity contribution in [2.45, 2.75) is 51.1 Å². The van der Waals surface area contributed by atoms with Gasteiger partial charge in [0.15, 0.2) is 5.65 Å². The van der Waals surface area contributed by atoms with E-state index in [4.69, 9.17) is 15.8 Å². The van der Waals surface area contributed by atoms with Gasteiger partial charge < -0.3 is 11.1 Å². The number of nitrogens with one attached hydrogen (secondary N) is 1. The van der Waals surface area contributed by atoms with Crippen molar-refractivity contribution in [3.05, 3.63) is 72.2 Å². The summed E-state index contributed by atoms with van der Waals surface area (Å²) in [5.41, 5.74) is 9.90. The van der Waals surface area contributed by atoms with Crippen LogP contribution in [-0.4, -0.2) is 32.3 Å². The maximum atomic E-state index is 13.5. The van der Waals surface area contributed by atoms with Gasteiger partial charge in [0.05, 0.1) is 5.39 Å². The highest BCUT2D eigenvalue weighted by atomic mass is 19.1. The van der Waals surface area contributed by atoms with Gasteiger partial charge in [-0.25, -0.2) is 14.1 Å². The molecule has 3 N–H and O–H groups in total. The first-order chi connectivity index (χ1) is 16.7. The van der Waals surface area contributed by atoms with Crippen molar-refractivity contribution in [1.82, 2.24) is 19.7 Å². The SMILES string of the molecule is N[C@H]1CC[C@H](Cn2nc(-c3ccc(F)cc3)c3cnc(NCCCc4ccccc4)nc32)CC1. The van der Waals surface area contributed by atoms with Crippen LogP contribution in [0.2, 0.25) is 0 Å². The second-order valence-electron chi connectivity index (χ2n) is 9.27. The van der Waals surface area contributed by atoms with Crippen LogP contribution < -0.4 is 11.1 Å². The van der Waals surface area contributed by atoms with E-state index >= 15 is 0 Å². The summed E-state index contributed by atoms with van der Waals surface area (Å²) in [6.07, 6.45) is 8.14. The molecule has 34 heavy (non-hydrogen) atoms. The Labute approximate surface area is 199 Å². The lowest BCUT2D eigenvalue weighted by Gasteiger charge is -2.25. The van der Waals surface area contributed by atoms with Crippen LogP contribution in [0.4, 0.5) is 10.3 Å². The van der Waals surface area contributed by atoms with Crippen LogP contribution in [0.25, 0.3) is 22.3 Å². The number of benzene rings is 2. The van der Waals surface area contributed by atoms with Crippen LogP contribution in [0.1, 0.15) is 37.7 Å². The normalized spacial score (nSPS) is 18.3. The molecule has 0 radical (unpaired) electrons. The number of rotatable bonds is 8. The first-order valence-electron chi connectivity index (χ1n) is 12.2. The Kier molecular flexibility index (Phi) is 6.81. The summed E-state index contributed by atoms with van der Waals surface area (Å²) in [5, 5.41) is 9.17. The third-order valence-corrected chi connectivity index (χ3v) is 6.70. The highest BCUT2D eigenvalue weighted by Gasteiger charge is 2.22. The average Bonchev–Trinajstić information content (AvgIpc) is 3.22. The molecule has 2 aromatic heterocycles. The summed E-state index contributed by atoms with van der Waals surface area (Å²) in [4.78, 5) is 9.40. The van der Waals surface area contributed by atoms with Crippen LogP contribution in [0, 0.1) is 11.7 Å². The summed E-state index contributed by atoms with van der Waals surface area (Å²) >= 11 is 0. The van der Waals surface area contributed by atoms with Gasteiger partial charge in [0.1, 0.15) is 11.5 Å². The Balaban J connectivity index is 1.37. The molecule has 2 aromatic carbocycles. The van der Waals surface area contributed by atoms with Gasteiger partial charge >= 0.3 is 0 Å². The minimum absolute atomic E-state index is 0.260. The van der Waals surface area contributed by atoms with Crippen molar-refractivity contribution in [3.8, 4) is 11.3 Å². The van der Waals surface area contributed by atoms with E-state index in [1.807, 2.05) is 16.9 Å². The minimum Gasteiger partial charge on any atom is -0.354 e. The topological polar surface area (TPSA) is 81.7 Å². The van der Waals surface area contributed by atoms with Crippen molar-refractivity contribution < 1.29 is 4.39 Å². The van der Waals surface area contributed by atoms with Crippen LogP contribution in [0.5, 0.6) is 0 Å². The van der Waals surface area contributed by atoms with Gasteiger partial charge in [-0.1, -0.05) is 30.3 Å². The molecule has 0 unspecified atom stereocenters. The average molecular weight is 459 g/mol. The van der Waals surface area contributed by atoms with Crippen molar-refractivity contribution in [2.75, 3.05) is 11.9 Å². The lowest BCUT2D eigenvalue weighted by Crippen LogP contribution is -2.28. The Morgan fingerprint density at radius 1 is 1.00 bits per heavy atom. The molecule has 2 heterocycles. The van der Waals surface area contributed by atoms with E-state index in [1.165, 1.54) is 17.7 Å². The van der Waals surface area contributed by atoms with E-state index in [-0.39, 0.29) is 5.82 Å². The Morgan fingerprint density at radius 3 is 2.53 bits per heavy atom. The summed E-state index contributed by atoms with van der Waals surface area (Å²) < 4.78 is 15.5. The Hall–Kier alpha value is -3.32. The second-order valence-corrected chi connectivity index (χ2v) is 9.27. The minimum atomic E-state index is -0.260. The fourth-order valence-electron chi connectivity index (χ4n) is 4.74. The third kappa shape index (κ3) is 5.25. The number of hydrogen-bond donors (Lipinski definition) is 2. The van der Waals surface area contributed by atoms with Crippen molar-refractivity contribution in [2.24, 2.45) is 11.7 Å². The van der Waals surface area contributed by atoms with Crippen molar-refractivity contribution >= 4 is 17.0 Å². The van der Waals surface area contributed by atoms with Gasteiger partial charge in [-0.2, -0.15) is 10.1 Å². The van der Waals surface area contributed by atoms with Gasteiger partial charge in [-0.15, -0.1) is 0 Å². The van der Waals surface area contributed by atoms with E-state index in [1.54, 1.807) is 12.1 Å². The first kappa shape index (κ1) is 22.5. The number of aryl methyl sites for hydroxylation is 1. The predicted octanol–water partition coefficient (Wildman–Crippen LogP) is 5.19. The zero-order valence-corrected chi connectivity index (χ0v) is 19.3. The first-order valence-corrected chi connectivity index (χ1v) is 12.2. The fourth-order valence-corrected chi connectivity index (χ4v) is 4.74. The van der Waals surface area contributed by atoms with Gasteiger partial charge in [-0.05, 0) is 74.3 Å². The highest BCUT2D eigenvalue weighted by molar-refractivity contribution is 5.91. The molecule has 176 valence electrons. The highest BCUT2D eigenvalue weighted by Crippen LogP contribution is 2.30. The summed E-state index contributed by atoms with van der Waals surface area (Å²) in [5.74, 6) is 0.878. The molecule has 0 amide bonds. The Morgan fingerprint density at radius 2 is 1.76 bits per heavy atom. The van der Waals surface area contributed by atoms with E-state index in [9.17, 15) is 4.39 Å². The van der Waals surface area contributed by atoms with E-state index in [0.29, 0.717) is 17.9 Å². The molecule has 0 atom stereocenters. The number of fused-ring (bicyclic) bond motifs is 1. The number of nitrogens with zero attached hydrogens (tertiary/aromatic N) is 4. The van der Waals surface area contributed by atoms with Crippen LogP contribution in [0.15, 0.2) is 60.8 Å². The molecule has 0 bridgehead atoms. The molecule has 1 saturated carbocycles. The molecule has 1 aliphatic rings. The van der Waals surface area contributed by atoms with Gasteiger partial charge in [0.2, 0.25) is 5.95 Å². The fraction of sp³-hybridized carbons (Fsp3) is 0.370. The zero-order valence-electron chi connectivity index (χ0n) is 19.3. The van der Waals surface area contributed by atoms with Gasteiger partial charge in [-0.3, -0.25) is 0 Å². The molecule has 6 nitrogen and oxygen atoms in total. The molecular weight excluding hydrogens is 427 g/mol. The number of aromatic nitrogens is 4. The zero-order chi connectivity index (χ0) is 23.3. The number of nitrogens with two attached hydrogens (primary N) is 1. The Bertz CT molecular complexity index is 1210. The van der Waals surface area contributed by atoms with Crippen molar-refractivity contribution in [3.63, 3.8) is 0 Å². The van der Waals surface area contributed by atoms with Crippen LogP contribution in [0.3, 0.4) is 0 Å². The lowest BCUT2D eigenvalue weighted by molar-refractivity contribution is 0.288. The molecule has 4 aromatic rings. The van der Waals surface area contributed by atoms with Gasteiger partial charge in [0.25, 0.3) is 0 Å². The maximum Gasteiger partial charge on any atom is 0.224 e. The monoisotopic (exact) mass is 458 g/mol. The number of halogens is 1. The van der Waals surface area contributed by atoms with E-state index in [0.717, 1.165) is 73.9 Å².